The minimum absolute atomic E-state index is 0.123. The van der Waals surface area contributed by atoms with Crippen LogP contribution >= 0.6 is 0 Å². The second-order valence-corrected chi connectivity index (χ2v) is 5.23. The molecule has 1 heterocycles. The van der Waals surface area contributed by atoms with Crippen LogP contribution in [0.15, 0.2) is 18.2 Å². The van der Waals surface area contributed by atoms with Crippen molar-refractivity contribution in [2.24, 2.45) is 5.92 Å². The summed E-state index contributed by atoms with van der Waals surface area (Å²) in [5, 5.41) is 9.26. The molecule has 1 fully saturated rings. The van der Waals surface area contributed by atoms with E-state index in [0.29, 0.717) is 18.9 Å². The van der Waals surface area contributed by atoms with Crippen LogP contribution in [0.25, 0.3) is 0 Å². The zero-order valence-corrected chi connectivity index (χ0v) is 12.9. The Hall–Kier alpha value is -2.24. The van der Waals surface area contributed by atoms with Gasteiger partial charge in [-0.1, -0.05) is 0 Å². The first-order valence-electron chi connectivity index (χ1n) is 7.39. The Bertz CT molecular complexity index is 557. The first kappa shape index (κ1) is 16.1. The molecule has 6 nitrogen and oxygen atoms in total. The third kappa shape index (κ3) is 3.50. The van der Waals surface area contributed by atoms with E-state index in [1.807, 2.05) is 11.0 Å². The molecule has 1 aliphatic heterocycles. The molecule has 1 N–H and O–H groups in total. The van der Waals surface area contributed by atoms with Crippen LogP contribution < -0.4 is 9.64 Å². The number of aromatic carboxylic acids is 1. The summed E-state index contributed by atoms with van der Waals surface area (Å²) in [7, 11) is 1.44. The summed E-state index contributed by atoms with van der Waals surface area (Å²) in [4.78, 5) is 25.2. The minimum atomic E-state index is -1.03. The molecule has 1 saturated heterocycles. The fourth-order valence-corrected chi connectivity index (χ4v) is 2.72. The monoisotopic (exact) mass is 307 g/mol. The fourth-order valence-electron chi connectivity index (χ4n) is 2.72. The standard InChI is InChI=1S/C16H21NO5/c1-3-22-16(20)11-5-4-8-17(10-11)12-6-7-14(21-2)13(9-12)15(18)19/h6-7,9,11H,3-5,8,10H2,1-2H3,(H,18,19). The van der Waals surface area contributed by atoms with E-state index in [0.717, 1.165) is 25.1 Å². The van der Waals surface area contributed by atoms with Crippen molar-refractivity contribution in [2.75, 3.05) is 31.7 Å². The van der Waals surface area contributed by atoms with Crippen LogP contribution in [0.4, 0.5) is 5.69 Å². The summed E-state index contributed by atoms with van der Waals surface area (Å²) < 4.78 is 10.2. The third-order valence-corrected chi connectivity index (χ3v) is 3.82. The fraction of sp³-hybridized carbons (Fsp3) is 0.500. The molecule has 0 aliphatic carbocycles. The van der Waals surface area contributed by atoms with E-state index in [9.17, 15) is 14.7 Å². The van der Waals surface area contributed by atoms with Gasteiger partial charge in [0.25, 0.3) is 0 Å². The number of carboxylic acid groups (broad SMARTS) is 1. The van der Waals surface area contributed by atoms with Gasteiger partial charge in [-0.2, -0.15) is 0 Å². The quantitative estimate of drug-likeness (QED) is 0.840. The minimum Gasteiger partial charge on any atom is -0.496 e. The molecule has 22 heavy (non-hydrogen) atoms. The van der Waals surface area contributed by atoms with E-state index in [-0.39, 0.29) is 17.5 Å². The molecular formula is C16H21NO5. The predicted molar refractivity (Wildman–Crippen MR) is 81.5 cm³/mol. The van der Waals surface area contributed by atoms with Crippen molar-refractivity contribution in [2.45, 2.75) is 19.8 Å². The number of hydrogen-bond acceptors (Lipinski definition) is 5. The lowest BCUT2D eigenvalue weighted by molar-refractivity contribution is -0.148. The normalized spacial score (nSPS) is 17.9. The molecule has 0 spiro atoms. The molecule has 1 atom stereocenters. The SMILES string of the molecule is CCOC(=O)C1CCCN(c2ccc(OC)c(C(=O)O)c2)C1. The van der Waals surface area contributed by atoms with E-state index >= 15 is 0 Å². The third-order valence-electron chi connectivity index (χ3n) is 3.82. The van der Waals surface area contributed by atoms with Gasteiger partial charge in [0.05, 0.1) is 19.6 Å². The van der Waals surface area contributed by atoms with Gasteiger partial charge in [-0.3, -0.25) is 4.79 Å². The molecule has 0 aromatic heterocycles. The summed E-state index contributed by atoms with van der Waals surface area (Å²) in [6, 6.07) is 5.06. The summed E-state index contributed by atoms with van der Waals surface area (Å²) in [6.07, 6.45) is 1.68. The number of benzene rings is 1. The molecule has 1 unspecified atom stereocenters. The van der Waals surface area contributed by atoms with Gasteiger partial charge in [-0.15, -0.1) is 0 Å². The highest BCUT2D eigenvalue weighted by Gasteiger charge is 2.27. The number of carbonyl (C=O) groups is 2. The molecule has 0 radical (unpaired) electrons. The number of ether oxygens (including phenoxy) is 2. The van der Waals surface area contributed by atoms with Crippen LogP contribution in [-0.4, -0.2) is 43.9 Å². The van der Waals surface area contributed by atoms with Crippen LogP contribution in [0.1, 0.15) is 30.1 Å². The molecule has 0 saturated carbocycles. The Morgan fingerprint density at radius 1 is 1.41 bits per heavy atom. The number of nitrogens with zero attached hydrogens (tertiary/aromatic N) is 1. The number of carbonyl (C=O) groups excluding carboxylic acids is 1. The average molecular weight is 307 g/mol. The number of hydrogen-bond donors (Lipinski definition) is 1. The Morgan fingerprint density at radius 2 is 2.18 bits per heavy atom. The Kier molecular flexibility index (Phi) is 5.25. The molecule has 2 rings (SSSR count). The maximum absolute atomic E-state index is 11.9. The first-order valence-corrected chi connectivity index (χ1v) is 7.39. The van der Waals surface area contributed by atoms with E-state index in [4.69, 9.17) is 9.47 Å². The smallest absolute Gasteiger partial charge is 0.339 e. The number of methoxy groups -OCH3 is 1. The average Bonchev–Trinajstić information content (AvgIpc) is 2.54. The molecular weight excluding hydrogens is 286 g/mol. The molecule has 1 aromatic carbocycles. The molecule has 1 aromatic rings. The van der Waals surface area contributed by atoms with Crippen LogP contribution in [0.2, 0.25) is 0 Å². The molecule has 0 amide bonds. The Labute approximate surface area is 129 Å². The van der Waals surface area contributed by atoms with Gasteiger partial charge < -0.3 is 19.5 Å². The van der Waals surface area contributed by atoms with Gasteiger partial charge in [0.2, 0.25) is 0 Å². The van der Waals surface area contributed by atoms with E-state index in [1.54, 1.807) is 19.1 Å². The van der Waals surface area contributed by atoms with Crippen molar-refractivity contribution in [3.8, 4) is 5.75 Å². The number of esters is 1. The van der Waals surface area contributed by atoms with E-state index < -0.39 is 5.97 Å². The lowest BCUT2D eigenvalue weighted by Gasteiger charge is -2.33. The van der Waals surface area contributed by atoms with Gasteiger partial charge in [-0.25, -0.2) is 4.79 Å². The van der Waals surface area contributed by atoms with Gasteiger partial charge in [0.1, 0.15) is 11.3 Å². The number of anilines is 1. The van der Waals surface area contributed by atoms with E-state index in [2.05, 4.69) is 0 Å². The molecule has 120 valence electrons. The highest BCUT2D eigenvalue weighted by Crippen LogP contribution is 2.28. The van der Waals surface area contributed by atoms with Gasteiger partial charge in [-0.05, 0) is 38.0 Å². The summed E-state index contributed by atoms with van der Waals surface area (Å²) >= 11 is 0. The summed E-state index contributed by atoms with van der Waals surface area (Å²) in [5.74, 6) is -1.05. The Morgan fingerprint density at radius 3 is 2.82 bits per heavy atom. The highest BCUT2D eigenvalue weighted by molar-refractivity contribution is 5.92. The predicted octanol–water partition coefficient (Wildman–Crippen LogP) is 2.17. The topological polar surface area (TPSA) is 76.1 Å². The van der Waals surface area contributed by atoms with Crippen LogP contribution in [0.3, 0.4) is 0 Å². The maximum Gasteiger partial charge on any atom is 0.339 e. The number of carboxylic acids is 1. The number of rotatable bonds is 5. The number of piperidine rings is 1. The largest absolute Gasteiger partial charge is 0.496 e. The van der Waals surface area contributed by atoms with Gasteiger partial charge >= 0.3 is 11.9 Å². The molecule has 6 heteroatoms. The van der Waals surface area contributed by atoms with Crippen molar-refractivity contribution < 1.29 is 24.2 Å². The van der Waals surface area contributed by atoms with Crippen LogP contribution in [0, 0.1) is 5.92 Å². The van der Waals surface area contributed by atoms with E-state index in [1.165, 1.54) is 7.11 Å². The summed E-state index contributed by atoms with van der Waals surface area (Å²) in [5.41, 5.74) is 0.908. The van der Waals surface area contributed by atoms with Crippen molar-refractivity contribution in [3.63, 3.8) is 0 Å². The van der Waals surface area contributed by atoms with Crippen molar-refractivity contribution >= 4 is 17.6 Å². The van der Waals surface area contributed by atoms with Crippen molar-refractivity contribution in [1.29, 1.82) is 0 Å². The van der Waals surface area contributed by atoms with Gasteiger partial charge in [0, 0.05) is 18.8 Å². The Balaban J connectivity index is 2.18. The van der Waals surface area contributed by atoms with Crippen LogP contribution in [-0.2, 0) is 9.53 Å². The van der Waals surface area contributed by atoms with Crippen LogP contribution in [0.5, 0.6) is 5.75 Å². The highest BCUT2D eigenvalue weighted by atomic mass is 16.5. The van der Waals surface area contributed by atoms with Gasteiger partial charge in [0.15, 0.2) is 0 Å². The first-order chi connectivity index (χ1) is 10.6. The second kappa shape index (κ2) is 7.15. The zero-order chi connectivity index (χ0) is 16.1. The maximum atomic E-state index is 11.9. The molecule has 0 bridgehead atoms. The summed E-state index contributed by atoms with van der Waals surface area (Å²) in [6.45, 7) is 3.51. The van der Waals surface area contributed by atoms with Crippen molar-refractivity contribution in [1.82, 2.24) is 0 Å². The van der Waals surface area contributed by atoms with Crippen molar-refractivity contribution in [3.05, 3.63) is 23.8 Å². The molecule has 1 aliphatic rings. The second-order valence-electron chi connectivity index (χ2n) is 5.23. The lowest BCUT2D eigenvalue weighted by Crippen LogP contribution is -2.39. The lowest BCUT2D eigenvalue weighted by atomic mass is 9.97. The zero-order valence-electron chi connectivity index (χ0n) is 12.9.